The molecule has 0 saturated carbocycles. The Morgan fingerprint density at radius 3 is 2.56 bits per heavy atom. The lowest BCUT2D eigenvalue weighted by molar-refractivity contribution is 1.04. The maximum atomic E-state index is 5.27. The predicted molar refractivity (Wildman–Crippen MR) is 66.9 cm³/mol. The summed E-state index contributed by atoms with van der Waals surface area (Å²) in [7, 11) is 0. The van der Waals surface area contributed by atoms with Crippen molar-refractivity contribution in [2.24, 2.45) is 0 Å². The van der Waals surface area contributed by atoms with E-state index < -0.39 is 0 Å². The molecule has 82 valence electrons. The maximum absolute atomic E-state index is 5.27. The third-order valence-corrected chi connectivity index (χ3v) is 2.82. The van der Waals surface area contributed by atoms with E-state index in [9.17, 15) is 0 Å². The van der Waals surface area contributed by atoms with Crippen LogP contribution >= 0.6 is 12.2 Å². The Morgan fingerprint density at radius 1 is 1.19 bits per heavy atom. The van der Waals surface area contributed by atoms with E-state index in [1.54, 1.807) is 6.20 Å². The van der Waals surface area contributed by atoms with Crippen LogP contribution in [0.5, 0.6) is 0 Å². The van der Waals surface area contributed by atoms with Gasteiger partial charge in [0.15, 0.2) is 0 Å². The van der Waals surface area contributed by atoms with Gasteiger partial charge >= 0.3 is 0 Å². The standard InChI is InChI=1S/C12H13N3S/c1-7-4-5-10(6-13-7)11-12(16)15-9(3)8(2)14-11/h4-6H,1-3H3,(H,15,16). The lowest BCUT2D eigenvalue weighted by Gasteiger charge is -2.05. The van der Waals surface area contributed by atoms with Crippen LogP contribution in [0.2, 0.25) is 0 Å². The van der Waals surface area contributed by atoms with Crippen molar-refractivity contribution in [3.05, 3.63) is 40.1 Å². The van der Waals surface area contributed by atoms with Crippen LogP contribution in [0, 0.1) is 25.4 Å². The molecule has 0 aliphatic rings. The molecule has 3 nitrogen and oxygen atoms in total. The topological polar surface area (TPSA) is 41.6 Å². The van der Waals surface area contributed by atoms with Crippen LogP contribution in [0.1, 0.15) is 17.1 Å². The van der Waals surface area contributed by atoms with Gasteiger partial charge in [-0.15, -0.1) is 0 Å². The smallest absolute Gasteiger partial charge is 0.130 e. The van der Waals surface area contributed by atoms with Crippen LogP contribution in [0.4, 0.5) is 0 Å². The zero-order valence-corrected chi connectivity index (χ0v) is 10.4. The summed E-state index contributed by atoms with van der Waals surface area (Å²) in [6.07, 6.45) is 1.80. The van der Waals surface area contributed by atoms with Crippen LogP contribution in [0.15, 0.2) is 18.3 Å². The molecule has 16 heavy (non-hydrogen) atoms. The number of aryl methyl sites for hydroxylation is 3. The molecular weight excluding hydrogens is 218 g/mol. The van der Waals surface area contributed by atoms with E-state index in [1.165, 1.54) is 0 Å². The Hall–Kier alpha value is -1.55. The third-order valence-electron chi connectivity index (χ3n) is 2.52. The zero-order valence-electron chi connectivity index (χ0n) is 9.53. The molecule has 0 spiro atoms. The summed E-state index contributed by atoms with van der Waals surface area (Å²) in [6, 6.07) is 3.95. The van der Waals surface area contributed by atoms with E-state index in [-0.39, 0.29) is 0 Å². The molecule has 2 aromatic heterocycles. The van der Waals surface area contributed by atoms with Crippen molar-refractivity contribution in [2.75, 3.05) is 0 Å². The molecule has 0 aliphatic carbocycles. The normalized spacial score (nSPS) is 10.4. The average Bonchev–Trinajstić information content (AvgIpc) is 2.25. The predicted octanol–water partition coefficient (Wildman–Crippen LogP) is 3.13. The van der Waals surface area contributed by atoms with Crippen LogP contribution in [0.3, 0.4) is 0 Å². The van der Waals surface area contributed by atoms with Crippen molar-refractivity contribution in [3.8, 4) is 11.3 Å². The Bertz CT molecular complexity index is 570. The van der Waals surface area contributed by atoms with Gasteiger partial charge in [0.05, 0.1) is 5.69 Å². The van der Waals surface area contributed by atoms with Crippen molar-refractivity contribution in [3.63, 3.8) is 0 Å². The van der Waals surface area contributed by atoms with Crippen LogP contribution < -0.4 is 0 Å². The Balaban J connectivity index is 2.60. The molecule has 0 atom stereocenters. The number of hydrogen-bond acceptors (Lipinski definition) is 3. The van der Waals surface area contributed by atoms with Gasteiger partial charge in [-0.25, -0.2) is 4.98 Å². The Labute approximate surface area is 99.6 Å². The minimum Gasteiger partial charge on any atom is -0.347 e. The quantitative estimate of drug-likeness (QED) is 0.767. The largest absolute Gasteiger partial charge is 0.347 e. The summed E-state index contributed by atoms with van der Waals surface area (Å²) in [4.78, 5) is 11.9. The molecule has 2 heterocycles. The van der Waals surface area contributed by atoms with Gasteiger partial charge in [0.2, 0.25) is 0 Å². The summed E-state index contributed by atoms with van der Waals surface area (Å²) in [5.74, 6) is 0. The summed E-state index contributed by atoms with van der Waals surface area (Å²) < 4.78 is 0.661. The van der Waals surface area contributed by atoms with E-state index in [2.05, 4.69) is 15.0 Å². The molecule has 0 radical (unpaired) electrons. The lowest BCUT2D eigenvalue weighted by atomic mass is 10.2. The van der Waals surface area contributed by atoms with E-state index in [0.29, 0.717) is 4.64 Å². The highest BCUT2D eigenvalue weighted by Crippen LogP contribution is 2.18. The van der Waals surface area contributed by atoms with Crippen LogP contribution in [-0.2, 0) is 0 Å². The fraction of sp³-hybridized carbons (Fsp3) is 0.250. The fourth-order valence-corrected chi connectivity index (χ4v) is 1.74. The molecule has 0 unspecified atom stereocenters. The van der Waals surface area contributed by atoms with Gasteiger partial charge < -0.3 is 4.98 Å². The van der Waals surface area contributed by atoms with Gasteiger partial charge in [0, 0.05) is 23.1 Å². The SMILES string of the molecule is Cc1ccc(-c2nc(C)c(C)[nH]c2=S)cn1. The number of nitrogens with one attached hydrogen (secondary N) is 1. The number of aromatic nitrogens is 3. The first-order valence-electron chi connectivity index (χ1n) is 5.08. The maximum Gasteiger partial charge on any atom is 0.130 e. The van der Waals surface area contributed by atoms with Gasteiger partial charge in [0.25, 0.3) is 0 Å². The molecule has 0 aromatic carbocycles. The Kier molecular flexibility index (Phi) is 2.83. The average molecular weight is 231 g/mol. The van der Waals surface area contributed by atoms with E-state index >= 15 is 0 Å². The molecule has 0 amide bonds. The molecule has 1 N–H and O–H groups in total. The second kappa shape index (κ2) is 4.14. The number of rotatable bonds is 1. The van der Waals surface area contributed by atoms with Crippen molar-refractivity contribution >= 4 is 12.2 Å². The highest BCUT2D eigenvalue weighted by molar-refractivity contribution is 7.71. The molecule has 2 rings (SSSR count). The minimum absolute atomic E-state index is 0.661. The van der Waals surface area contributed by atoms with Crippen molar-refractivity contribution in [2.45, 2.75) is 20.8 Å². The summed E-state index contributed by atoms with van der Waals surface area (Å²) in [5, 5.41) is 0. The zero-order chi connectivity index (χ0) is 11.7. The lowest BCUT2D eigenvalue weighted by Crippen LogP contribution is -1.96. The van der Waals surface area contributed by atoms with E-state index in [0.717, 1.165) is 28.3 Å². The summed E-state index contributed by atoms with van der Waals surface area (Å²) in [6.45, 7) is 5.89. The molecular formula is C12H13N3S. The van der Waals surface area contributed by atoms with Gasteiger partial charge in [-0.1, -0.05) is 12.2 Å². The van der Waals surface area contributed by atoms with E-state index in [4.69, 9.17) is 12.2 Å². The van der Waals surface area contributed by atoms with Crippen molar-refractivity contribution in [1.82, 2.24) is 15.0 Å². The highest BCUT2D eigenvalue weighted by Gasteiger charge is 2.05. The monoisotopic (exact) mass is 231 g/mol. The molecule has 4 heteroatoms. The molecule has 0 fully saturated rings. The first-order chi connectivity index (χ1) is 7.58. The highest BCUT2D eigenvalue weighted by atomic mass is 32.1. The third kappa shape index (κ3) is 2.02. The van der Waals surface area contributed by atoms with Gasteiger partial charge in [-0.3, -0.25) is 4.98 Å². The first kappa shape index (κ1) is 11.0. The summed E-state index contributed by atoms with van der Waals surface area (Å²) in [5.41, 5.74) is 4.71. The van der Waals surface area contributed by atoms with Gasteiger partial charge in [-0.2, -0.15) is 0 Å². The number of nitrogens with zero attached hydrogens (tertiary/aromatic N) is 2. The first-order valence-corrected chi connectivity index (χ1v) is 5.49. The number of H-pyrrole nitrogens is 1. The number of pyridine rings is 1. The van der Waals surface area contributed by atoms with Crippen LogP contribution in [-0.4, -0.2) is 15.0 Å². The Morgan fingerprint density at radius 2 is 1.94 bits per heavy atom. The van der Waals surface area contributed by atoms with Crippen molar-refractivity contribution in [1.29, 1.82) is 0 Å². The number of aromatic amines is 1. The van der Waals surface area contributed by atoms with Crippen molar-refractivity contribution < 1.29 is 0 Å². The fourth-order valence-electron chi connectivity index (χ4n) is 1.43. The second-order valence-corrected chi connectivity index (χ2v) is 4.22. The molecule has 2 aromatic rings. The summed E-state index contributed by atoms with van der Waals surface area (Å²) >= 11 is 5.27. The molecule has 0 saturated heterocycles. The van der Waals surface area contributed by atoms with Gasteiger partial charge in [0.1, 0.15) is 10.3 Å². The molecule has 0 aliphatic heterocycles. The second-order valence-electron chi connectivity index (χ2n) is 3.81. The molecule has 0 bridgehead atoms. The van der Waals surface area contributed by atoms with E-state index in [1.807, 2.05) is 32.9 Å². The van der Waals surface area contributed by atoms with Crippen LogP contribution in [0.25, 0.3) is 11.3 Å². The number of hydrogen-bond donors (Lipinski definition) is 1. The minimum atomic E-state index is 0.661. The van der Waals surface area contributed by atoms with Gasteiger partial charge in [-0.05, 0) is 32.9 Å².